The molecule has 2 aromatic heterocycles. The van der Waals surface area contributed by atoms with Crippen LogP contribution in [0.1, 0.15) is 17.0 Å². The predicted molar refractivity (Wildman–Crippen MR) is 103 cm³/mol. The van der Waals surface area contributed by atoms with Gasteiger partial charge in [-0.05, 0) is 38.1 Å². The van der Waals surface area contributed by atoms with Gasteiger partial charge in [0.25, 0.3) is 0 Å². The Kier molecular flexibility index (Phi) is 5.67. The van der Waals surface area contributed by atoms with Crippen molar-refractivity contribution >= 4 is 15.8 Å². The third-order valence-electron chi connectivity index (χ3n) is 4.17. The number of aryl methyl sites for hydroxylation is 1. The van der Waals surface area contributed by atoms with Gasteiger partial charge in [0.15, 0.2) is 0 Å². The molecule has 0 atom stereocenters. The summed E-state index contributed by atoms with van der Waals surface area (Å²) in [4.78, 5) is 12.8. The van der Waals surface area contributed by atoms with Crippen molar-refractivity contribution < 1.29 is 8.42 Å². The van der Waals surface area contributed by atoms with Crippen molar-refractivity contribution in [1.29, 1.82) is 5.26 Å². The molecule has 3 aromatic rings. The van der Waals surface area contributed by atoms with Crippen LogP contribution in [0, 0.1) is 25.2 Å². The summed E-state index contributed by atoms with van der Waals surface area (Å²) in [5, 5.41) is 11.9. The molecule has 0 aliphatic rings. The van der Waals surface area contributed by atoms with Crippen molar-refractivity contribution in [3.63, 3.8) is 0 Å². The predicted octanol–water partition coefficient (Wildman–Crippen LogP) is 1.54. The van der Waals surface area contributed by atoms with Crippen molar-refractivity contribution in [1.82, 2.24) is 24.2 Å². The maximum absolute atomic E-state index is 12.3. The Labute approximate surface area is 163 Å². The Morgan fingerprint density at radius 1 is 1.11 bits per heavy atom. The number of rotatable bonds is 7. The van der Waals surface area contributed by atoms with Gasteiger partial charge in [0.2, 0.25) is 10.0 Å². The van der Waals surface area contributed by atoms with E-state index in [1.54, 1.807) is 12.4 Å². The molecule has 0 radical (unpaired) electrons. The summed E-state index contributed by atoms with van der Waals surface area (Å²) < 4.78 is 28.9. The summed E-state index contributed by atoms with van der Waals surface area (Å²) >= 11 is 0. The minimum Gasteiger partial charge on any atom is -0.369 e. The first kappa shape index (κ1) is 19.5. The molecule has 0 aliphatic heterocycles. The highest BCUT2D eigenvalue weighted by molar-refractivity contribution is 7.89. The SMILES string of the molecule is Cc1ncn(-c2cc(NCCNS(=O)(=O)c3ccc(C#N)cc3)ncn2)c1C. The van der Waals surface area contributed by atoms with E-state index in [2.05, 4.69) is 25.0 Å². The molecule has 0 saturated carbocycles. The third kappa shape index (κ3) is 4.33. The van der Waals surface area contributed by atoms with Gasteiger partial charge in [-0.15, -0.1) is 0 Å². The van der Waals surface area contributed by atoms with Crippen LogP contribution in [-0.2, 0) is 10.0 Å². The largest absolute Gasteiger partial charge is 0.369 e. The fourth-order valence-electron chi connectivity index (χ4n) is 2.47. The molecule has 0 amide bonds. The topological polar surface area (TPSA) is 126 Å². The molecule has 144 valence electrons. The maximum Gasteiger partial charge on any atom is 0.240 e. The second-order valence-corrected chi connectivity index (χ2v) is 7.77. The van der Waals surface area contributed by atoms with Crippen molar-refractivity contribution in [2.75, 3.05) is 18.4 Å². The van der Waals surface area contributed by atoms with E-state index < -0.39 is 10.0 Å². The Hall–Kier alpha value is -3.29. The van der Waals surface area contributed by atoms with Crippen LogP contribution in [0.15, 0.2) is 47.9 Å². The molecule has 1 aromatic carbocycles. The number of imidazole rings is 1. The van der Waals surface area contributed by atoms with Crippen LogP contribution in [0.2, 0.25) is 0 Å². The smallest absolute Gasteiger partial charge is 0.240 e. The molecule has 0 spiro atoms. The molecule has 2 N–H and O–H groups in total. The molecular formula is C18H19N7O2S. The van der Waals surface area contributed by atoms with E-state index >= 15 is 0 Å². The Balaban J connectivity index is 1.58. The fourth-order valence-corrected chi connectivity index (χ4v) is 3.50. The zero-order valence-corrected chi connectivity index (χ0v) is 16.2. The van der Waals surface area contributed by atoms with Crippen LogP contribution in [0.3, 0.4) is 0 Å². The number of hydrogen-bond acceptors (Lipinski definition) is 7. The number of nitrogens with zero attached hydrogens (tertiary/aromatic N) is 5. The van der Waals surface area contributed by atoms with Crippen LogP contribution >= 0.6 is 0 Å². The van der Waals surface area contributed by atoms with Gasteiger partial charge in [0.05, 0.1) is 22.2 Å². The number of sulfonamides is 1. The summed E-state index contributed by atoms with van der Waals surface area (Å²) in [6.07, 6.45) is 3.13. The van der Waals surface area contributed by atoms with Crippen LogP contribution in [0.25, 0.3) is 5.82 Å². The number of nitrogens with one attached hydrogen (secondary N) is 2. The second kappa shape index (κ2) is 8.16. The molecule has 0 saturated heterocycles. The van der Waals surface area contributed by atoms with Gasteiger partial charge in [0, 0.05) is 24.8 Å². The third-order valence-corrected chi connectivity index (χ3v) is 5.65. The zero-order valence-electron chi connectivity index (χ0n) is 15.4. The summed E-state index contributed by atoms with van der Waals surface area (Å²) in [5.74, 6) is 1.25. The first-order chi connectivity index (χ1) is 13.4. The fraction of sp³-hybridized carbons (Fsp3) is 0.222. The number of nitriles is 1. The highest BCUT2D eigenvalue weighted by Gasteiger charge is 2.13. The van der Waals surface area contributed by atoms with Gasteiger partial charge >= 0.3 is 0 Å². The van der Waals surface area contributed by atoms with Gasteiger partial charge in [0.1, 0.15) is 24.3 Å². The molecule has 0 aliphatic carbocycles. The number of anilines is 1. The highest BCUT2D eigenvalue weighted by atomic mass is 32.2. The van der Waals surface area contributed by atoms with E-state index in [1.807, 2.05) is 24.5 Å². The molecule has 28 heavy (non-hydrogen) atoms. The number of hydrogen-bond donors (Lipinski definition) is 2. The lowest BCUT2D eigenvalue weighted by molar-refractivity contribution is 0.583. The lowest BCUT2D eigenvalue weighted by Gasteiger charge is -2.10. The van der Waals surface area contributed by atoms with E-state index in [-0.39, 0.29) is 11.4 Å². The standard InChI is InChI=1S/C18H19N7O2S/c1-13-14(2)25(12-23-13)18-9-17(21-11-22-18)20-7-8-24-28(26,27)16-5-3-15(10-19)4-6-16/h3-6,9,11-12,24H,7-8H2,1-2H3,(H,20,21,22). The molecule has 2 heterocycles. The van der Waals surface area contributed by atoms with E-state index in [0.29, 0.717) is 23.7 Å². The van der Waals surface area contributed by atoms with Gasteiger partial charge in [-0.3, -0.25) is 4.57 Å². The van der Waals surface area contributed by atoms with Gasteiger partial charge in [-0.25, -0.2) is 28.1 Å². The van der Waals surface area contributed by atoms with Crippen LogP contribution in [0.5, 0.6) is 0 Å². The second-order valence-electron chi connectivity index (χ2n) is 6.01. The summed E-state index contributed by atoms with van der Waals surface area (Å²) in [7, 11) is -3.64. The van der Waals surface area contributed by atoms with E-state index in [9.17, 15) is 8.42 Å². The average molecular weight is 397 g/mol. The van der Waals surface area contributed by atoms with Gasteiger partial charge < -0.3 is 5.32 Å². The summed E-state index contributed by atoms with van der Waals surface area (Å²) in [5.41, 5.74) is 2.31. The zero-order chi connectivity index (χ0) is 20.1. The molecule has 0 fully saturated rings. The van der Waals surface area contributed by atoms with Gasteiger partial charge in [-0.1, -0.05) is 0 Å². The molecule has 10 heteroatoms. The number of benzene rings is 1. The first-order valence-electron chi connectivity index (χ1n) is 8.47. The lowest BCUT2D eigenvalue weighted by Crippen LogP contribution is -2.29. The molecule has 0 unspecified atom stereocenters. The Morgan fingerprint density at radius 2 is 1.86 bits per heavy atom. The summed E-state index contributed by atoms with van der Waals surface area (Å²) in [6, 6.07) is 9.46. The van der Waals surface area contributed by atoms with E-state index in [1.165, 1.54) is 30.6 Å². The van der Waals surface area contributed by atoms with E-state index in [0.717, 1.165) is 11.4 Å². The van der Waals surface area contributed by atoms with Crippen LogP contribution < -0.4 is 10.0 Å². The summed E-state index contributed by atoms with van der Waals surface area (Å²) in [6.45, 7) is 4.39. The number of aromatic nitrogens is 4. The monoisotopic (exact) mass is 397 g/mol. The lowest BCUT2D eigenvalue weighted by atomic mass is 10.2. The van der Waals surface area contributed by atoms with Crippen molar-refractivity contribution in [3.8, 4) is 11.9 Å². The first-order valence-corrected chi connectivity index (χ1v) is 9.96. The molecule has 0 bridgehead atoms. The quantitative estimate of drug-likeness (QED) is 0.579. The van der Waals surface area contributed by atoms with E-state index in [4.69, 9.17) is 5.26 Å². The minimum atomic E-state index is -3.64. The van der Waals surface area contributed by atoms with Gasteiger partial charge in [-0.2, -0.15) is 5.26 Å². The molecule has 3 rings (SSSR count). The van der Waals surface area contributed by atoms with Crippen molar-refractivity contribution in [2.45, 2.75) is 18.7 Å². The normalized spacial score (nSPS) is 11.2. The molecular weight excluding hydrogens is 378 g/mol. The van der Waals surface area contributed by atoms with Crippen molar-refractivity contribution in [2.24, 2.45) is 0 Å². The van der Waals surface area contributed by atoms with Crippen LogP contribution in [-0.4, -0.2) is 41.0 Å². The average Bonchev–Trinajstić information content (AvgIpc) is 3.04. The minimum absolute atomic E-state index is 0.113. The Morgan fingerprint density at radius 3 is 2.50 bits per heavy atom. The maximum atomic E-state index is 12.3. The Bertz CT molecular complexity index is 1120. The van der Waals surface area contributed by atoms with Crippen molar-refractivity contribution in [3.05, 3.63) is 59.9 Å². The van der Waals surface area contributed by atoms with Crippen LogP contribution in [0.4, 0.5) is 5.82 Å². The molecule has 9 nitrogen and oxygen atoms in total. The highest BCUT2D eigenvalue weighted by Crippen LogP contribution is 2.14.